The molecular formula is C26H34BN3O4. The van der Waals surface area contributed by atoms with E-state index in [9.17, 15) is 4.79 Å². The predicted octanol–water partition coefficient (Wildman–Crippen LogP) is 5.55. The number of allylic oxidation sites excluding steroid dienone is 4. The van der Waals surface area contributed by atoms with Crippen LogP contribution in [0.25, 0.3) is 5.57 Å². The van der Waals surface area contributed by atoms with Gasteiger partial charge in [0.25, 0.3) is 0 Å². The lowest BCUT2D eigenvalue weighted by molar-refractivity contribution is 0.00578. The van der Waals surface area contributed by atoms with Gasteiger partial charge in [-0.3, -0.25) is 0 Å². The van der Waals surface area contributed by atoms with Gasteiger partial charge in [-0.1, -0.05) is 48.6 Å². The number of hydrogen-bond donors (Lipinski definition) is 1. The minimum atomic E-state index is -0.392. The molecule has 1 unspecified atom stereocenters. The van der Waals surface area contributed by atoms with E-state index in [-0.39, 0.29) is 36.8 Å². The van der Waals surface area contributed by atoms with E-state index in [0.29, 0.717) is 5.82 Å². The summed E-state index contributed by atoms with van der Waals surface area (Å²) in [6.45, 7) is 10.4. The van der Waals surface area contributed by atoms with Gasteiger partial charge in [0.05, 0.1) is 29.1 Å². The number of carbonyl (C=O) groups is 1. The Morgan fingerprint density at radius 3 is 2.53 bits per heavy atom. The van der Waals surface area contributed by atoms with Gasteiger partial charge in [-0.05, 0) is 52.2 Å². The maximum atomic E-state index is 12.5. The van der Waals surface area contributed by atoms with Crippen LogP contribution in [-0.4, -0.2) is 46.3 Å². The highest BCUT2D eigenvalue weighted by Crippen LogP contribution is 2.42. The number of carbonyl (C=O) groups excluding carboxylic acids is 1. The second-order valence-corrected chi connectivity index (χ2v) is 10.1. The number of ether oxygens (including phenoxy) is 1. The maximum absolute atomic E-state index is 12.5. The zero-order chi connectivity index (χ0) is 24.5. The van der Waals surface area contributed by atoms with Crippen molar-refractivity contribution in [1.82, 2.24) is 14.9 Å². The third kappa shape index (κ3) is 4.98. The molecule has 1 aromatic carbocycles. The molecule has 0 spiro atoms. The Labute approximate surface area is 202 Å². The van der Waals surface area contributed by atoms with Gasteiger partial charge in [0.1, 0.15) is 12.4 Å². The molecule has 1 aliphatic carbocycles. The van der Waals surface area contributed by atoms with Crippen LogP contribution in [0.4, 0.5) is 4.79 Å². The SMILES string of the molecule is C[C@@H](c1ncc(C2=CCC(B3OC(C)(C)C(C)(C)O3)C=C2)[nH]1)N(C)C(=O)OCc1ccccc1. The van der Waals surface area contributed by atoms with Crippen molar-refractivity contribution < 1.29 is 18.8 Å². The second kappa shape index (κ2) is 9.43. The molecule has 1 aromatic heterocycles. The molecular weight excluding hydrogens is 429 g/mol. The van der Waals surface area contributed by atoms with Crippen LogP contribution in [0.2, 0.25) is 5.82 Å². The molecule has 0 radical (unpaired) electrons. The Bertz CT molecular complexity index is 1060. The molecule has 2 heterocycles. The first-order valence-electron chi connectivity index (χ1n) is 11.8. The van der Waals surface area contributed by atoms with Crippen LogP contribution in [0.3, 0.4) is 0 Å². The van der Waals surface area contributed by atoms with E-state index in [0.717, 1.165) is 23.3 Å². The Kier molecular flexibility index (Phi) is 6.74. The summed E-state index contributed by atoms with van der Waals surface area (Å²) in [5, 5.41) is 0. The summed E-state index contributed by atoms with van der Waals surface area (Å²) in [6.07, 6.45) is 8.64. The van der Waals surface area contributed by atoms with E-state index in [1.54, 1.807) is 18.1 Å². The Hall–Kier alpha value is -2.84. The fourth-order valence-electron chi connectivity index (χ4n) is 3.96. The first-order chi connectivity index (χ1) is 16.1. The van der Waals surface area contributed by atoms with Crippen LogP contribution < -0.4 is 0 Å². The third-order valence-corrected chi connectivity index (χ3v) is 7.13. The molecule has 1 aliphatic heterocycles. The summed E-state index contributed by atoms with van der Waals surface area (Å²) in [5.74, 6) is 0.869. The number of benzene rings is 1. The van der Waals surface area contributed by atoms with E-state index >= 15 is 0 Å². The number of aromatic nitrogens is 2. The summed E-state index contributed by atoms with van der Waals surface area (Å²) in [7, 11) is 1.46. The van der Waals surface area contributed by atoms with Gasteiger partial charge in [0, 0.05) is 12.9 Å². The fourth-order valence-corrected chi connectivity index (χ4v) is 3.96. The van der Waals surface area contributed by atoms with Crippen LogP contribution in [0.1, 0.15) is 64.2 Å². The van der Waals surface area contributed by atoms with Gasteiger partial charge in [-0.25, -0.2) is 9.78 Å². The van der Waals surface area contributed by atoms with Crippen molar-refractivity contribution in [1.29, 1.82) is 0 Å². The molecule has 0 bridgehead atoms. The first-order valence-corrected chi connectivity index (χ1v) is 11.8. The highest BCUT2D eigenvalue weighted by Gasteiger charge is 2.53. The molecule has 7 nitrogen and oxygen atoms in total. The van der Waals surface area contributed by atoms with Gasteiger partial charge >= 0.3 is 13.2 Å². The number of imidazole rings is 1. The summed E-state index contributed by atoms with van der Waals surface area (Å²) < 4.78 is 17.9. The Morgan fingerprint density at radius 1 is 1.24 bits per heavy atom. The van der Waals surface area contributed by atoms with E-state index in [1.165, 1.54) is 0 Å². The lowest BCUT2D eigenvalue weighted by atomic mass is 9.68. The summed E-state index contributed by atoms with van der Waals surface area (Å²) >= 11 is 0. The summed E-state index contributed by atoms with van der Waals surface area (Å²) in [5.41, 5.74) is 2.26. The zero-order valence-corrected chi connectivity index (χ0v) is 20.9. The fraction of sp³-hybridized carbons (Fsp3) is 0.462. The largest absolute Gasteiger partial charge is 0.465 e. The number of amides is 1. The van der Waals surface area contributed by atoms with Crippen molar-refractivity contribution in [2.45, 2.75) is 70.7 Å². The normalized spacial score (nSPS) is 21.8. The molecule has 2 aromatic rings. The number of nitrogens with one attached hydrogen (secondary N) is 1. The lowest BCUT2D eigenvalue weighted by Gasteiger charge is -2.32. The van der Waals surface area contributed by atoms with E-state index in [2.05, 4.69) is 55.9 Å². The predicted molar refractivity (Wildman–Crippen MR) is 133 cm³/mol. The molecule has 180 valence electrons. The van der Waals surface area contributed by atoms with Crippen molar-refractivity contribution in [3.05, 3.63) is 71.8 Å². The van der Waals surface area contributed by atoms with E-state index in [1.807, 2.05) is 37.3 Å². The van der Waals surface area contributed by atoms with Crippen LogP contribution in [-0.2, 0) is 20.7 Å². The molecule has 0 saturated carbocycles. The first kappa shape index (κ1) is 24.3. The second-order valence-electron chi connectivity index (χ2n) is 10.1. The minimum absolute atomic E-state index is 0.164. The monoisotopic (exact) mass is 463 g/mol. The van der Waals surface area contributed by atoms with Crippen LogP contribution in [0, 0.1) is 0 Å². The van der Waals surface area contributed by atoms with Crippen molar-refractivity contribution in [2.24, 2.45) is 0 Å². The Balaban J connectivity index is 1.34. The quantitative estimate of drug-likeness (QED) is 0.569. The maximum Gasteiger partial charge on any atom is 0.465 e. The number of rotatable bonds is 6. The Morgan fingerprint density at radius 2 is 1.91 bits per heavy atom. The van der Waals surface area contributed by atoms with Crippen molar-refractivity contribution in [3.63, 3.8) is 0 Å². The molecule has 1 amide bonds. The van der Waals surface area contributed by atoms with Crippen molar-refractivity contribution in [2.75, 3.05) is 7.05 Å². The average Bonchev–Trinajstić information content (AvgIpc) is 3.39. The number of aromatic amines is 1. The van der Waals surface area contributed by atoms with Crippen molar-refractivity contribution >= 4 is 18.8 Å². The van der Waals surface area contributed by atoms with Gasteiger partial charge in [0.2, 0.25) is 0 Å². The minimum Gasteiger partial charge on any atom is -0.445 e. The summed E-state index contributed by atoms with van der Waals surface area (Å²) in [4.78, 5) is 21.9. The van der Waals surface area contributed by atoms with E-state index < -0.39 is 6.09 Å². The van der Waals surface area contributed by atoms with Crippen LogP contribution in [0.15, 0.2) is 54.8 Å². The van der Waals surface area contributed by atoms with Gasteiger partial charge in [-0.15, -0.1) is 0 Å². The molecule has 2 aliphatic rings. The van der Waals surface area contributed by atoms with Gasteiger partial charge < -0.3 is 23.9 Å². The third-order valence-electron chi connectivity index (χ3n) is 7.13. The molecule has 1 saturated heterocycles. The molecule has 2 atom stereocenters. The highest BCUT2D eigenvalue weighted by molar-refractivity contribution is 6.48. The van der Waals surface area contributed by atoms with Crippen LogP contribution >= 0.6 is 0 Å². The standard InChI is InChI=1S/C26H34BN3O4/c1-18(30(6)24(31)32-17-19-10-8-7-9-11-19)23-28-16-22(29-23)20-12-14-21(15-13-20)27-33-25(2,3)26(4,5)34-27/h7-14,16,18,21H,15,17H2,1-6H3,(H,28,29)/t18-,21?/m0/s1. The topological polar surface area (TPSA) is 76.7 Å². The number of hydrogen-bond acceptors (Lipinski definition) is 5. The number of H-pyrrole nitrogens is 1. The average molecular weight is 463 g/mol. The smallest absolute Gasteiger partial charge is 0.445 e. The zero-order valence-electron chi connectivity index (χ0n) is 20.9. The van der Waals surface area contributed by atoms with Crippen molar-refractivity contribution in [3.8, 4) is 0 Å². The molecule has 34 heavy (non-hydrogen) atoms. The van der Waals surface area contributed by atoms with Gasteiger partial charge in [-0.2, -0.15) is 0 Å². The highest BCUT2D eigenvalue weighted by atomic mass is 16.7. The lowest BCUT2D eigenvalue weighted by Crippen LogP contribution is -2.41. The molecule has 1 fully saturated rings. The molecule has 8 heteroatoms. The summed E-state index contributed by atoms with van der Waals surface area (Å²) in [6, 6.07) is 9.37. The van der Waals surface area contributed by atoms with E-state index in [4.69, 9.17) is 14.0 Å². The number of nitrogens with zero attached hydrogens (tertiary/aromatic N) is 2. The van der Waals surface area contributed by atoms with Crippen LogP contribution in [0.5, 0.6) is 0 Å². The van der Waals surface area contributed by atoms with Gasteiger partial charge in [0.15, 0.2) is 0 Å². The molecule has 1 N–H and O–H groups in total. The molecule has 4 rings (SSSR count).